The topological polar surface area (TPSA) is 29.5 Å². The van der Waals surface area contributed by atoms with Crippen molar-refractivity contribution >= 4 is 0 Å². The molecule has 0 aromatic carbocycles. The van der Waals surface area contributed by atoms with Crippen molar-refractivity contribution < 1.29 is 9.84 Å². The van der Waals surface area contributed by atoms with Gasteiger partial charge in [-0.15, -0.1) is 6.58 Å². The third-order valence-electron chi connectivity index (χ3n) is 1.21. The average molecular weight is 130 g/mol. The van der Waals surface area contributed by atoms with Gasteiger partial charge in [-0.25, -0.2) is 0 Å². The summed E-state index contributed by atoms with van der Waals surface area (Å²) in [6, 6.07) is 0. The van der Waals surface area contributed by atoms with E-state index in [-0.39, 0.29) is 12.7 Å². The van der Waals surface area contributed by atoms with Crippen LogP contribution >= 0.6 is 0 Å². The lowest BCUT2D eigenvalue weighted by Gasteiger charge is -2.09. The van der Waals surface area contributed by atoms with Crippen LogP contribution in [0.15, 0.2) is 12.7 Å². The van der Waals surface area contributed by atoms with Crippen LogP contribution in [0.5, 0.6) is 0 Å². The number of hydrogen-bond acceptors (Lipinski definition) is 2. The molecule has 0 aromatic heterocycles. The molecule has 0 aliphatic rings. The predicted molar refractivity (Wildman–Crippen MR) is 37.3 cm³/mol. The first-order chi connectivity index (χ1) is 4.35. The Morgan fingerprint density at radius 2 is 2.44 bits per heavy atom. The summed E-state index contributed by atoms with van der Waals surface area (Å²) in [7, 11) is 1.64. The van der Waals surface area contributed by atoms with E-state index in [0.717, 1.165) is 6.42 Å². The molecular weight excluding hydrogens is 116 g/mol. The fourth-order valence-corrected chi connectivity index (χ4v) is 0.662. The number of methoxy groups -OCH3 is 1. The molecule has 0 heterocycles. The van der Waals surface area contributed by atoms with Gasteiger partial charge in [-0.05, 0) is 12.8 Å². The lowest BCUT2D eigenvalue weighted by Crippen LogP contribution is -2.10. The Morgan fingerprint density at radius 3 is 2.78 bits per heavy atom. The monoisotopic (exact) mass is 130 g/mol. The van der Waals surface area contributed by atoms with Crippen LogP contribution in [0, 0.1) is 0 Å². The maximum Gasteiger partial charge on any atom is 0.0627 e. The van der Waals surface area contributed by atoms with E-state index in [0.29, 0.717) is 6.42 Å². The van der Waals surface area contributed by atoms with Crippen molar-refractivity contribution in [1.82, 2.24) is 0 Å². The standard InChI is InChI=1S/C7H14O2/c1-3-4-7(9-2)5-6-8/h3,7-8H,1,4-6H2,2H3. The van der Waals surface area contributed by atoms with E-state index in [1.165, 1.54) is 0 Å². The summed E-state index contributed by atoms with van der Waals surface area (Å²) in [4.78, 5) is 0. The number of aliphatic hydroxyl groups excluding tert-OH is 1. The molecule has 54 valence electrons. The number of rotatable bonds is 5. The third-order valence-corrected chi connectivity index (χ3v) is 1.21. The van der Waals surface area contributed by atoms with Crippen LogP contribution in [0.3, 0.4) is 0 Å². The lowest BCUT2D eigenvalue weighted by atomic mass is 10.2. The molecule has 2 heteroatoms. The zero-order valence-electron chi connectivity index (χ0n) is 5.84. The van der Waals surface area contributed by atoms with E-state index >= 15 is 0 Å². The van der Waals surface area contributed by atoms with Crippen LogP contribution < -0.4 is 0 Å². The van der Waals surface area contributed by atoms with Gasteiger partial charge in [-0.3, -0.25) is 0 Å². The van der Waals surface area contributed by atoms with Crippen LogP contribution in [-0.2, 0) is 4.74 Å². The molecule has 0 aliphatic heterocycles. The molecule has 9 heavy (non-hydrogen) atoms. The highest BCUT2D eigenvalue weighted by atomic mass is 16.5. The highest BCUT2D eigenvalue weighted by molar-refractivity contribution is 4.72. The van der Waals surface area contributed by atoms with Gasteiger partial charge in [0.2, 0.25) is 0 Å². The lowest BCUT2D eigenvalue weighted by molar-refractivity contribution is 0.0800. The van der Waals surface area contributed by atoms with E-state index in [4.69, 9.17) is 9.84 Å². The molecule has 0 saturated carbocycles. The summed E-state index contributed by atoms with van der Waals surface area (Å²) in [6.07, 6.45) is 3.45. The minimum Gasteiger partial charge on any atom is -0.396 e. The van der Waals surface area contributed by atoms with Gasteiger partial charge in [-0.2, -0.15) is 0 Å². The van der Waals surface area contributed by atoms with Gasteiger partial charge >= 0.3 is 0 Å². The molecule has 1 N–H and O–H groups in total. The molecule has 0 spiro atoms. The summed E-state index contributed by atoms with van der Waals surface area (Å²) in [5.74, 6) is 0. The molecule has 0 amide bonds. The Hall–Kier alpha value is -0.340. The van der Waals surface area contributed by atoms with E-state index < -0.39 is 0 Å². The van der Waals surface area contributed by atoms with Crippen molar-refractivity contribution in [2.45, 2.75) is 18.9 Å². The van der Waals surface area contributed by atoms with Crippen LogP contribution in [0.2, 0.25) is 0 Å². The molecular formula is C7H14O2. The first-order valence-electron chi connectivity index (χ1n) is 3.09. The highest BCUT2D eigenvalue weighted by Crippen LogP contribution is 2.01. The fraction of sp³-hybridized carbons (Fsp3) is 0.714. The Balaban J connectivity index is 3.28. The number of hydrogen-bond donors (Lipinski definition) is 1. The number of ether oxygens (including phenoxy) is 1. The van der Waals surface area contributed by atoms with E-state index in [1.54, 1.807) is 13.2 Å². The molecule has 0 radical (unpaired) electrons. The van der Waals surface area contributed by atoms with Crippen molar-refractivity contribution in [2.75, 3.05) is 13.7 Å². The molecule has 0 saturated heterocycles. The first-order valence-corrected chi connectivity index (χ1v) is 3.09. The van der Waals surface area contributed by atoms with Crippen molar-refractivity contribution in [2.24, 2.45) is 0 Å². The van der Waals surface area contributed by atoms with Crippen LogP contribution in [0.4, 0.5) is 0 Å². The van der Waals surface area contributed by atoms with Crippen LogP contribution in [-0.4, -0.2) is 24.9 Å². The Kier molecular flexibility index (Phi) is 5.57. The largest absolute Gasteiger partial charge is 0.396 e. The smallest absolute Gasteiger partial charge is 0.0627 e. The predicted octanol–water partition coefficient (Wildman–Crippen LogP) is 0.960. The molecule has 0 aliphatic carbocycles. The molecule has 1 unspecified atom stereocenters. The maximum atomic E-state index is 8.48. The Morgan fingerprint density at radius 1 is 1.78 bits per heavy atom. The van der Waals surface area contributed by atoms with Crippen molar-refractivity contribution in [1.29, 1.82) is 0 Å². The van der Waals surface area contributed by atoms with Crippen LogP contribution in [0.25, 0.3) is 0 Å². The van der Waals surface area contributed by atoms with E-state index in [2.05, 4.69) is 6.58 Å². The van der Waals surface area contributed by atoms with E-state index in [9.17, 15) is 0 Å². The normalized spacial score (nSPS) is 13.1. The average Bonchev–Trinajstić information content (AvgIpc) is 1.88. The highest BCUT2D eigenvalue weighted by Gasteiger charge is 2.01. The summed E-state index contributed by atoms with van der Waals surface area (Å²) in [6.45, 7) is 3.76. The van der Waals surface area contributed by atoms with Gasteiger partial charge in [-0.1, -0.05) is 6.08 Å². The fourth-order valence-electron chi connectivity index (χ4n) is 0.662. The number of aliphatic hydroxyl groups is 1. The second-order valence-corrected chi connectivity index (χ2v) is 1.89. The van der Waals surface area contributed by atoms with Crippen molar-refractivity contribution in [3.63, 3.8) is 0 Å². The van der Waals surface area contributed by atoms with Gasteiger partial charge in [0, 0.05) is 13.7 Å². The van der Waals surface area contributed by atoms with Crippen molar-refractivity contribution in [3.8, 4) is 0 Å². The molecule has 2 nitrogen and oxygen atoms in total. The van der Waals surface area contributed by atoms with Gasteiger partial charge in [0.15, 0.2) is 0 Å². The van der Waals surface area contributed by atoms with Gasteiger partial charge in [0.25, 0.3) is 0 Å². The quantitative estimate of drug-likeness (QED) is 0.562. The minimum absolute atomic E-state index is 0.146. The zero-order chi connectivity index (χ0) is 7.11. The summed E-state index contributed by atoms with van der Waals surface area (Å²) in [5, 5.41) is 8.48. The molecule has 0 bridgehead atoms. The zero-order valence-corrected chi connectivity index (χ0v) is 5.84. The van der Waals surface area contributed by atoms with E-state index in [1.807, 2.05) is 0 Å². The molecule has 0 aromatic rings. The molecule has 0 fully saturated rings. The van der Waals surface area contributed by atoms with Gasteiger partial charge < -0.3 is 9.84 Å². The minimum atomic E-state index is 0.146. The third kappa shape index (κ3) is 4.18. The first kappa shape index (κ1) is 8.66. The second kappa shape index (κ2) is 5.79. The Bertz CT molecular complexity index is 71.3. The molecule has 0 rings (SSSR count). The van der Waals surface area contributed by atoms with Crippen molar-refractivity contribution in [3.05, 3.63) is 12.7 Å². The van der Waals surface area contributed by atoms with Crippen LogP contribution in [0.1, 0.15) is 12.8 Å². The van der Waals surface area contributed by atoms with Gasteiger partial charge in [0.05, 0.1) is 6.10 Å². The van der Waals surface area contributed by atoms with Gasteiger partial charge in [0.1, 0.15) is 0 Å². The maximum absolute atomic E-state index is 8.48. The summed E-state index contributed by atoms with van der Waals surface area (Å²) in [5.41, 5.74) is 0. The SMILES string of the molecule is C=CCC(CCO)OC. The summed E-state index contributed by atoms with van der Waals surface area (Å²) < 4.78 is 5.00. The Labute approximate surface area is 56.1 Å². The summed E-state index contributed by atoms with van der Waals surface area (Å²) >= 11 is 0. The second-order valence-electron chi connectivity index (χ2n) is 1.89. The molecule has 1 atom stereocenters.